The number of benzene rings is 2. The first kappa shape index (κ1) is 14.0. The summed E-state index contributed by atoms with van der Waals surface area (Å²) in [4.78, 5) is 15.5. The maximum absolute atomic E-state index is 10.8. The average Bonchev–Trinajstić information content (AvgIpc) is 2.54. The molecule has 0 bridgehead atoms. The largest absolute Gasteiger partial charge is 0.287 e. The summed E-state index contributed by atoms with van der Waals surface area (Å²) >= 11 is 1.37. The Morgan fingerprint density at radius 1 is 1.14 bits per heavy atom. The van der Waals surface area contributed by atoms with Crippen LogP contribution in [0.3, 0.4) is 0 Å². The molecule has 3 rings (SSSR count). The van der Waals surface area contributed by atoms with E-state index in [1.165, 1.54) is 23.9 Å². The summed E-state index contributed by atoms with van der Waals surface area (Å²) in [7, 11) is 0. The third-order valence-electron chi connectivity index (χ3n) is 3.08. The van der Waals surface area contributed by atoms with E-state index in [1.807, 2.05) is 42.5 Å². The highest BCUT2D eigenvalue weighted by Crippen LogP contribution is 2.30. The van der Waals surface area contributed by atoms with Gasteiger partial charge < -0.3 is 0 Å². The van der Waals surface area contributed by atoms with Crippen molar-refractivity contribution in [3.63, 3.8) is 0 Å². The zero-order chi connectivity index (χ0) is 15.5. The van der Waals surface area contributed by atoms with E-state index in [0.29, 0.717) is 0 Å². The number of nitro groups is 1. The third kappa shape index (κ3) is 2.75. The second kappa shape index (κ2) is 5.84. The van der Waals surface area contributed by atoms with Gasteiger partial charge in [0.25, 0.3) is 5.69 Å². The van der Waals surface area contributed by atoms with Gasteiger partial charge in [-0.15, -0.1) is 0 Å². The molecule has 0 amide bonds. The summed E-state index contributed by atoms with van der Waals surface area (Å²) in [5.74, 6) is 0. The zero-order valence-corrected chi connectivity index (χ0v) is 12.1. The van der Waals surface area contributed by atoms with Gasteiger partial charge in [-0.1, -0.05) is 36.0 Å². The molecule has 106 valence electrons. The molecule has 1 heterocycles. The van der Waals surface area contributed by atoms with Crippen molar-refractivity contribution in [2.75, 3.05) is 0 Å². The molecule has 1 aromatic heterocycles. The monoisotopic (exact) mass is 307 g/mol. The van der Waals surface area contributed by atoms with Crippen LogP contribution in [-0.2, 0) is 0 Å². The summed E-state index contributed by atoms with van der Waals surface area (Å²) in [6.07, 6.45) is 0. The molecule has 0 aliphatic heterocycles. The standard InChI is InChI=1S/C16H9N3O2S/c17-10-12-9-13(6-7-15(12)19(20)21)22-16-8-5-11-3-1-2-4-14(11)18-16/h1-9H. The number of nitrogens with zero attached hydrogens (tertiary/aromatic N) is 3. The average molecular weight is 307 g/mol. The van der Waals surface area contributed by atoms with Crippen molar-refractivity contribution < 1.29 is 4.92 Å². The molecule has 0 spiro atoms. The molecule has 0 fully saturated rings. The van der Waals surface area contributed by atoms with Crippen LogP contribution in [0.1, 0.15) is 5.56 Å². The zero-order valence-electron chi connectivity index (χ0n) is 11.3. The number of hydrogen-bond donors (Lipinski definition) is 0. The van der Waals surface area contributed by atoms with Gasteiger partial charge in [0.15, 0.2) is 0 Å². The highest BCUT2D eigenvalue weighted by Gasteiger charge is 2.14. The minimum Gasteiger partial charge on any atom is -0.258 e. The van der Waals surface area contributed by atoms with Crippen molar-refractivity contribution in [1.82, 2.24) is 4.98 Å². The lowest BCUT2D eigenvalue weighted by Crippen LogP contribution is -1.92. The molecule has 6 heteroatoms. The molecule has 0 atom stereocenters. The van der Waals surface area contributed by atoms with Gasteiger partial charge in [-0.25, -0.2) is 4.98 Å². The fraction of sp³-hybridized carbons (Fsp3) is 0. The molecule has 0 saturated carbocycles. The van der Waals surface area contributed by atoms with Gasteiger partial charge in [0, 0.05) is 16.3 Å². The van der Waals surface area contributed by atoms with E-state index in [1.54, 1.807) is 6.07 Å². The van der Waals surface area contributed by atoms with Crippen LogP contribution in [0.15, 0.2) is 64.5 Å². The van der Waals surface area contributed by atoms with Crippen LogP contribution in [0, 0.1) is 21.4 Å². The number of fused-ring (bicyclic) bond motifs is 1. The van der Waals surface area contributed by atoms with E-state index in [-0.39, 0.29) is 11.3 Å². The number of para-hydroxylation sites is 1. The highest BCUT2D eigenvalue weighted by molar-refractivity contribution is 7.99. The minimum atomic E-state index is -0.554. The van der Waals surface area contributed by atoms with Crippen molar-refractivity contribution in [3.05, 3.63) is 70.3 Å². The lowest BCUT2D eigenvalue weighted by molar-refractivity contribution is -0.385. The molecule has 0 saturated heterocycles. The van der Waals surface area contributed by atoms with Crippen LogP contribution in [0.25, 0.3) is 10.9 Å². The number of nitriles is 1. The fourth-order valence-electron chi connectivity index (χ4n) is 2.05. The van der Waals surface area contributed by atoms with Crippen LogP contribution in [0.5, 0.6) is 0 Å². The molecule has 0 aliphatic rings. The maximum Gasteiger partial charge on any atom is 0.287 e. The normalized spacial score (nSPS) is 10.3. The van der Waals surface area contributed by atoms with Gasteiger partial charge in [0.05, 0.1) is 10.4 Å². The predicted molar refractivity (Wildman–Crippen MR) is 83.7 cm³/mol. The molecule has 5 nitrogen and oxygen atoms in total. The molecular formula is C16H9N3O2S. The Kier molecular flexibility index (Phi) is 3.73. The number of aromatic nitrogens is 1. The quantitative estimate of drug-likeness (QED) is 0.536. The summed E-state index contributed by atoms with van der Waals surface area (Å²) in [6, 6.07) is 18.0. The Morgan fingerprint density at radius 2 is 1.95 bits per heavy atom. The second-order valence-corrected chi connectivity index (χ2v) is 5.59. The van der Waals surface area contributed by atoms with E-state index in [0.717, 1.165) is 20.8 Å². The van der Waals surface area contributed by atoms with E-state index in [4.69, 9.17) is 5.26 Å². The molecule has 0 N–H and O–H groups in total. The summed E-state index contributed by atoms with van der Waals surface area (Å²) < 4.78 is 0. The van der Waals surface area contributed by atoms with Crippen LogP contribution < -0.4 is 0 Å². The first-order valence-electron chi connectivity index (χ1n) is 6.39. The molecule has 0 aliphatic carbocycles. The second-order valence-electron chi connectivity index (χ2n) is 4.49. The Morgan fingerprint density at radius 3 is 2.73 bits per heavy atom. The van der Waals surface area contributed by atoms with E-state index >= 15 is 0 Å². The maximum atomic E-state index is 10.8. The van der Waals surface area contributed by atoms with E-state index in [2.05, 4.69) is 4.98 Å². The lowest BCUT2D eigenvalue weighted by Gasteiger charge is -2.03. The SMILES string of the molecule is N#Cc1cc(Sc2ccc3ccccc3n2)ccc1[N+](=O)[O-]. The van der Waals surface area contributed by atoms with Crippen LogP contribution in [0.4, 0.5) is 5.69 Å². The topological polar surface area (TPSA) is 79.8 Å². The number of hydrogen-bond acceptors (Lipinski definition) is 5. The summed E-state index contributed by atoms with van der Waals surface area (Å²) in [5.41, 5.74) is 0.754. The van der Waals surface area contributed by atoms with E-state index < -0.39 is 4.92 Å². The van der Waals surface area contributed by atoms with Crippen LogP contribution in [0.2, 0.25) is 0 Å². The molecular weight excluding hydrogens is 298 g/mol. The first-order chi connectivity index (χ1) is 10.7. The number of rotatable bonds is 3. The Hall–Kier alpha value is -2.91. The predicted octanol–water partition coefficient (Wildman–Crippen LogP) is 4.17. The highest BCUT2D eigenvalue weighted by atomic mass is 32.2. The van der Waals surface area contributed by atoms with Gasteiger partial charge in [-0.05, 0) is 24.3 Å². The smallest absolute Gasteiger partial charge is 0.258 e. The molecule has 0 radical (unpaired) electrons. The van der Waals surface area contributed by atoms with Gasteiger partial charge in [0.2, 0.25) is 0 Å². The summed E-state index contributed by atoms with van der Waals surface area (Å²) in [6.45, 7) is 0. The molecule has 3 aromatic rings. The van der Waals surface area contributed by atoms with Crippen LogP contribution >= 0.6 is 11.8 Å². The first-order valence-corrected chi connectivity index (χ1v) is 7.21. The van der Waals surface area contributed by atoms with Gasteiger partial charge in [-0.3, -0.25) is 10.1 Å². The van der Waals surface area contributed by atoms with Crippen molar-refractivity contribution in [2.45, 2.75) is 9.92 Å². The third-order valence-corrected chi connectivity index (χ3v) is 4.01. The van der Waals surface area contributed by atoms with Crippen molar-refractivity contribution >= 4 is 28.4 Å². The molecule has 0 unspecified atom stereocenters. The molecule has 22 heavy (non-hydrogen) atoms. The van der Waals surface area contributed by atoms with Gasteiger partial charge in [-0.2, -0.15) is 5.26 Å². The van der Waals surface area contributed by atoms with Crippen molar-refractivity contribution in [3.8, 4) is 6.07 Å². The molecule has 2 aromatic carbocycles. The Labute approximate surface area is 130 Å². The lowest BCUT2D eigenvalue weighted by atomic mass is 10.2. The summed E-state index contributed by atoms with van der Waals surface area (Å²) in [5, 5.41) is 21.7. The number of pyridine rings is 1. The van der Waals surface area contributed by atoms with E-state index in [9.17, 15) is 10.1 Å². The Balaban J connectivity index is 1.94. The van der Waals surface area contributed by atoms with Crippen LogP contribution in [-0.4, -0.2) is 9.91 Å². The van der Waals surface area contributed by atoms with Crippen molar-refractivity contribution in [1.29, 1.82) is 5.26 Å². The fourth-order valence-corrected chi connectivity index (χ4v) is 2.89. The Bertz CT molecular complexity index is 919. The minimum absolute atomic E-state index is 0.0517. The van der Waals surface area contributed by atoms with Crippen molar-refractivity contribution in [2.24, 2.45) is 0 Å². The van der Waals surface area contributed by atoms with Gasteiger partial charge in [0.1, 0.15) is 16.7 Å². The number of nitro benzene ring substituents is 1. The van der Waals surface area contributed by atoms with Gasteiger partial charge >= 0.3 is 0 Å².